The second kappa shape index (κ2) is 6.10. The van der Waals surface area contributed by atoms with Crippen LogP contribution in [0.2, 0.25) is 5.02 Å². The van der Waals surface area contributed by atoms with Gasteiger partial charge in [-0.05, 0) is 12.1 Å². The lowest BCUT2D eigenvalue weighted by Gasteiger charge is -2.06. The van der Waals surface area contributed by atoms with E-state index in [-0.39, 0.29) is 5.82 Å². The van der Waals surface area contributed by atoms with Crippen molar-refractivity contribution in [1.29, 1.82) is 0 Å². The SMILES string of the molecule is Fc1cccc(Cl)c1CNCCc1nccs1. The van der Waals surface area contributed by atoms with Crippen molar-refractivity contribution in [3.63, 3.8) is 0 Å². The zero-order valence-electron chi connectivity index (χ0n) is 9.12. The molecule has 2 nitrogen and oxygen atoms in total. The van der Waals surface area contributed by atoms with E-state index < -0.39 is 0 Å². The van der Waals surface area contributed by atoms with Crippen molar-refractivity contribution in [3.05, 3.63) is 51.2 Å². The van der Waals surface area contributed by atoms with Crippen LogP contribution in [0.3, 0.4) is 0 Å². The van der Waals surface area contributed by atoms with Gasteiger partial charge in [0.25, 0.3) is 0 Å². The molecule has 17 heavy (non-hydrogen) atoms. The summed E-state index contributed by atoms with van der Waals surface area (Å²) in [5.74, 6) is -0.265. The summed E-state index contributed by atoms with van der Waals surface area (Å²) < 4.78 is 13.4. The Bertz CT molecular complexity index is 453. The maximum Gasteiger partial charge on any atom is 0.129 e. The zero-order chi connectivity index (χ0) is 12.1. The average Bonchev–Trinajstić information content (AvgIpc) is 2.80. The minimum atomic E-state index is -0.265. The smallest absolute Gasteiger partial charge is 0.129 e. The van der Waals surface area contributed by atoms with E-state index in [1.807, 2.05) is 5.38 Å². The van der Waals surface area contributed by atoms with E-state index in [9.17, 15) is 4.39 Å². The molecule has 0 radical (unpaired) electrons. The largest absolute Gasteiger partial charge is 0.312 e. The molecule has 0 aliphatic carbocycles. The second-order valence-electron chi connectivity index (χ2n) is 3.55. The molecule has 0 saturated carbocycles. The van der Waals surface area contributed by atoms with Crippen LogP contribution >= 0.6 is 22.9 Å². The highest BCUT2D eigenvalue weighted by atomic mass is 35.5. The zero-order valence-corrected chi connectivity index (χ0v) is 10.7. The highest BCUT2D eigenvalue weighted by Gasteiger charge is 2.05. The van der Waals surface area contributed by atoms with E-state index in [4.69, 9.17) is 11.6 Å². The van der Waals surface area contributed by atoms with E-state index in [0.717, 1.165) is 18.0 Å². The van der Waals surface area contributed by atoms with E-state index >= 15 is 0 Å². The molecule has 1 aromatic heterocycles. The van der Waals surface area contributed by atoms with Crippen LogP contribution < -0.4 is 5.32 Å². The summed E-state index contributed by atoms with van der Waals surface area (Å²) in [6, 6.07) is 4.73. The molecule has 2 aromatic rings. The van der Waals surface area contributed by atoms with Crippen molar-refractivity contribution in [2.75, 3.05) is 6.54 Å². The third-order valence-electron chi connectivity index (χ3n) is 2.36. The van der Waals surface area contributed by atoms with Crippen LogP contribution in [0.25, 0.3) is 0 Å². The molecule has 0 aliphatic heterocycles. The first-order valence-corrected chi connectivity index (χ1v) is 6.55. The Labute approximate surface area is 108 Å². The third kappa shape index (κ3) is 3.49. The van der Waals surface area contributed by atoms with Gasteiger partial charge in [-0.2, -0.15) is 0 Å². The minimum Gasteiger partial charge on any atom is -0.312 e. The number of hydrogen-bond donors (Lipinski definition) is 1. The average molecular weight is 271 g/mol. The third-order valence-corrected chi connectivity index (χ3v) is 3.56. The van der Waals surface area contributed by atoms with E-state index in [2.05, 4.69) is 10.3 Å². The second-order valence-corrected chi connectivity index (χ2v) is 4.94. The lowest BCUT2D eigenvalue weighted by Crippen LogP contribution is -2.17. The Morgan fingerprint density at radius 1 is 1.41 bits per heavy atom. The number of hydrogen-bond acceptors (Lipinski definition) is 3. The van der Waals surface area contributed by atoms with Crippen molar-refractivity contribution >= 4 is 22.9 Å². The van der Waals surface area contributed by atoms with Crippen molar-refractivity contribution in [2.45, 2.75) is 13.0 Å². The molecule has 0 amide bonds. The Morgan fingerprint density at radius 2 is 2.29 bits per heavy atom. The summed E-state index contributed by atoms with van der Waals surface area (Å²) in [6.45, 7) is 1.20. The molecule has 1 heterocycles. The predicted octanol–water partition coefficient (Wildman–Crippen LogP) is 3.27. The fraction of sp³-hybridized carbons (Fsp3) is 0.250. The summed E-state index contributed by atoms with van der Waals surface area (Å²) in [4.78, 5) is 4.17. The van der Waals surface area contributed by atoms with Gasteiger partial charge in [0.15, 0.2) is 0 Å². The number of nitrogens with one attached hydrogen (secondary N) is 1. The van der Waals surface area contributed by atoms with Gasteiger partial charge < -0.3 is 5.32 Å². The molecule has 0 bridgehead atoms. The van der Waals surface area contributed by atoms with Gasteiger partial charge in [0.05, 0.1) is 5.01 Å². The molecule has 0 atom stereocenters. The summed E-state index contributed by atoms with van der Waals surface area (Å²) in [5, 5.41) is 6.66. The predicted molar refractivity (Wildman–Crippen MR) is 68.9 cm³/mol. The first-order valence-electron chi connectivity index (χ1n) is 5.29. The van der Waals surface area contributed by atoms with Crippen LogP contribution in [0, 0.1) is 5.82 Å². The van der Waals surface area contributed by atoms with Gasteiger partial charge in [-0.25, -0.2) is 9.37 Å². The molecule has 1 N–H and O–H groups in total. The van der Waals surface area contributed by atoms with Crippen LogP contribution in [0.1, 0.15) is 10.6 Å². The van der Waals surface area contributed by atoms with Crippen molar-refractivity contribution in [1.82, 2.24) is 10.3 Å². The summed E-state index contributed by atoms with van der Waals surface area (Å²) >= 11 is 7.54. The molecule has 0 spiro atoms. The summed E-state index contributed by atoms with van der Waals surface area (Å²) in [6.07, 6.45) is 2.64. The van der Waals surface area contributed by atoms with Crippen LogP contribution in [0.15, 0.2) is 29.8 Å². The number of benzene rings is 1. The van der Waals surface area contributed by atoms with Gasteiger partial charge in [0.1, 0.15) is 5.82 Å². The Morgan fingerprint density at radius 3 is 3.00 bits per heavy atom. The lowest BCUT2D eigenvalue weighted by atomic mass is 10.2. The molecule has 2 rings (SSSR count). The molecule has 5 heteroatoms. The van der Waals surface area contributed by atoms with Gasteiger partial charge >= 0.3 is 0 Å². The summed E-state index contributed by atoms with van der Waals surface area (Å²) in [7, 11) is 0. The van der Waals surface area contributed by atoms with Crippen LogP contribution in [0.5, 0.6) is 0 Å². The maximum atomic E-state index is 13.4. The quantitative estimate of drug-likeness (QED) is 0.844. The first kappa shape index (κ1) is 12.5. The molecule has 0 saturated heterocycles. The van der Waals surface area contributed by atoms with Crippen LogP contribution in [0.4, 0.5) is 4.39 Å². The molecule has 0 fully saturated rings. The Balaban J connectivity index is 1.82. The fourth-order valence-electron chi connectivity index (χ4n) is 1.49. The lowest BCUT2D eigenvalue weighted by molar-refractivity contribution is 0.588. The molecule has 1 aromatic carbocycles. The van der Waals surface area contributed by atoms with E-state index in [1.54, 1.807) is 29.7 Å². The highest BCUT2D eigenvalue weighted by Crippen LogP contribution is 2.18. The van der Waals surface area contributed by atoms with Crippen LogP contribution in [-0.2, 0) is 13.0 Å². The normalized spacial score (nSPS) is 10.7. The minimum absolute atomic E-state index is 0.265. The van der Waals surface area contributed by atoms with Crippen molar-refractivity contribution in [2.24, 2.45) is 0 Å². The van der Waals surface area contributed by atoms with Gasteiger partial charge in [0, 0.05) is 41.7 Å². The van der Waals surface area contributed by atoms with Crippen molar-refractivity contribution in [3.8, 4) is 0 Å². The van der Waals surface area contributed by atoms with Gasteiger partial charge in [-0.3, -0.25) is 0 Å². The number of rotatable bonds is 5. The Hall–Kier alpha value is -0.970. The highest BCUT2D eigenvalue weighted by molar-refractivity contribution is 7.09. The topological polar surface area (TPSA) is 24.9 Å². The van der Waals surface area contributed by atoms with E-state index in [0.29, 0.717) is 17.1 Å². The first-order chi connectivity index (χ1) is 8.27. The molecule has 0 unspecified atom stereocenters. The molecule has 0 aliphatic rings. The monoisotopic (exact) mass is 270 g/mol. The van der Waals surface area contributed by atoms with Crippen molar-refractivity contribution < 1.29 is 4.39 Å². The van der Waals surface area contributed by atoms with Crippen LogP contribution in [-0.4, -0.2) is 11.5 Å². The van der Waals surface area contributed by atoms with Gasteiger partial charge in [0.2, 0.25) is 0 Å². The number of thiazole rings is 1. The molecular weight excluding hydrogens is 259 g/mol. The molecular formula is C12H12ClFN2S. The maximum absolute atomic E-state index is 13.4. The number of nitrogens with zero attached hydrogens (tertiary/aromatic N) is 1. The fourth-order valence-corrected chi connectivity index (χ4v) is 2.34. The van der Waals surface area contributed by atoms with Gasteiger partial charge in [-0.15, -0.1) is 11.3 Å². The standard InChI is InChI=1S/C12H12ClFN2S/c13-10-2-1-3-11(14)9(10)8-15-5-4-12-16-6-7-17-12/h1-3,6-7,15H,4-5,8H2. The summed E-state index contributed by atoms with van der Waals surface area (Å²) in [5.41, 5.74) is 0.522. The van der Waals surface area contributed by atoms with Gasteiger partial charge in [-0.1, -0.05) is 17.7 Å². The number of aromatic nitrogens is 1. The Kier molecular flexibility index (Phi) is 4.48. The van der Waals surface area contributed by atoms with E-state index in [1.165, 1.54) is 6.07 Å². The number of halogens is 2. The molecule has 90 valence electrons.